The Hall–Kier alpha value is -2.78. The van der Waals surface area contributed by atoms with Crippen molar-refractivity contribution in [3.05, 3.63) is 92.4 Å². The van der Waals surface area contributed by atoms with Crippen molar-refractivity contribution in [3.8, 4) is 0 Å². The third-order valence-corrected chi connectivity index (χ3v) is 10.5. The van der Waals surface area contributed by atoms with Gasteiger partial charge in [0.25, 0.3) is 10.0 Å². The van der Waals surface area contributed by atoms with Gasteiger partial charge in [-0.2, -0.15) is 0 Å². The molecule has 11 heteroatoms. The van der Waals surface area contributed by atoms with Crippen LogP contribution in [0.25, 0.3) is 0 Å². The predicted octanol–water partition coefficient (Wildman–Crippen LogP) is 6.94. The van der Waals surface area contributed by atoms with E-state index in [2.05, 4.69) is 5.32 Å². The summed E-state index contributed by atoms with van der Waals surface area (Å²) < 4.78 is 29.1. The van der Waals surface area contributed by atoms with E-state index in [0.717, 1.165) is 35.6 Å². The van der Waals surface area contributed by atoms with Crippen LogP contribution in [0.2, 0.25) is 15.1 Å². The first-order valence-electron chi connectivity index (χ1n) is 13.8. The van der Waals surface area contributed by atoms with E-state index in [9.17, 15) is 18.0 Å². The number of nitrogens with zero attached hydrogens (tertiary/aromatic N) is 2. The molecule has 1 fully saturated rings. The summed E-state index contributed by atoms with van der Waals surface area (Å²) in [5.74, 6) is -0.868. The molecule has 0 heterocycles. The highest BCUT2D eigenvalue weighted by Crippen LogP contribution is 2.32. The first-order valence-corrected chi connectivity index (χ1v) is 16.3. The maximum absolute atomic E-state index is 14.1. The van der Waals surface area contributed by atoms with Crippen molar-refractivity contribution < 1.29 is 18.0 Å². The lowest BCUT2D eigenvalue weighted by Gasteiger charge is -2.33. The summed E-state index contributed by atoms with van der Waals surface area (Å²) in [5, 5.41) is 4.08. The summed E-state index contributed by atoms with van der Waals surface area (Å²) in [5.41, 5.74) is 2.32. The fourth-order valence-electron chi connectivity index (χ4n) is 5.03. The summed E-state index contributed by atoms with van der Waals surface area (Å²) in [6.07, 6.45) is 3.84. The number of sulfonamides is 1. The van der Waals surface area contributed by atoms with Crippen molar-refractivity contribution in [3.63, 3.8) is 0 Å². The number of hydrogen-bond donors (Lipinski definition) is 1. The summed E-state index contributed by atoms with van der Waals surface area (Å²) >= 11 is 18.8. The van der Waals surface area contributed by atoms with Crippen LogP contribution in [0.3, 0.4) is 0 Å². The van der Waals surface area contributed by atoms with Gasteiger partial charge in [0.1, 0.15) is 12.6 Å². The Morgan fingerprint density at radius 3 is 2.24 bits per heavy atom. The Balaban J connectivity index is 1.73. The smallest absolute Gasteiger partial charge is 0.264 e. The van der Waals surface area contributed by atoms with Crippen molar-refractivity contribution >= 4 is 62.3 Å². The van der Waals surface area contributed by atoms with Gasteiger partial charge in [-0.15, -0.1) is 0 Å². The molecule has 1 saturated carbocycles. The molecule has 4 rings (SSSR count). The Bertz CT molecular complexity index is 1560. The Kier molecular flexibility index (Phi) is 10.5. The number of benzene rings is 3. The molecule has 1 atom stereocenters. The van der Waals surface area contributed by atoms with Gasteiger partial charge in [-0.1, -0.05) is 77.5 Å². The number of rotatable bonds is 10. The van der Waals surface area contributed by atoms with Gasteiger partial charge in [0.15, 0.2) is 0 Å². The van der Waals surface area contributed by atoms with Crippen LogP contribution in [0.4, 0.5) is 5.69 Å². The van der Waals surface area contributed by atoms with Crippen LogP contribution in [-0.2, 0) is 26.2 Å². The number of carbonyl (C=O) groups is 2. The third-order valence-electron chi connectivity index (χ3n) is 7.60. The molecule has 3 aromatic rings. The third kappa shape index (κ3) is 7.40. The Labute approximate surface area is 262 Å². The van der Waals surface area contributed by atoms with E-state index in [1.165, 1.54) is 17.0 Å². The highest BCUT2D eigenvalue weighted by Gasteiger charge is 2.34. The van der Waals surface area contributed by atoms with Crippen LogP contribution in [0, 0.1) is 13.8 Å². The summed E-state index contributed by atoms with van der Waals surface area (Å²) in [6, 6.07) is 15.4. The van der Waals surface area contributed by atoms with Crippen molar-refractivity contribution in [2.75, 3.05) is 10.8 Å². The maximum atomic E-state index is 14.1. The van der Waals surface area contributed by atoms with Gasteiger partial charge in [0, 0.05) is 17.6 Å². The lowest BCUT2D eigenvalue weighted by Crippen LogP contribution is -2.52. The lowest BCUT2D eigenvalue weighted by molar-refractivity contribution is -0.139. The van der Waals surface area contributed by atoms with Crippen LogP contribution in [-0.4, -0.2) is 43.8 Å². The van der Waals surface area contributed by atoms with Crippen LogP contribution in [0.15, 0.2) is 65.6 Å². The van der Waals surface area contributed by atoms with Gasteiger partial charge in [-0.25, -0.2) is 8.42 Å². The molecule has 1 aliphatic carbocycles. The molecule has 0 bridgehead atoms. The highest BCUT2D eigenvalue weighted by atomic mass is 35.5. The van der Waals surface area contributed by atoms with E-state index in [1.54, 1.807) is 62.4 Å². The minimum absolute atomic E-state index is 0.0158. The molecule has 2 amide bonds. The first-order chi connectivity index (χ1) is 19.9. The largest absolute Gasteiger partial charge is 0.352 e. The molecule has 0 unspecified atom stereocenters. The van der Waals surface area contributed by atoms with Crippen LogP contribution < -0.4 is 9.62 Å². The highest BCUT2D eigenvalue weighted by molar-refractivity contribution is 7.92. The molecule has 224 valence electrons. The Morgan fingerprint density at radius 2 is 1.60 bits per heavy atom. The second-order valence-electron chi connectivity index (χ2n) is 10.6. The van der Waals surface area contributed by atoms with Crippen molar-refractivity contribution in [1.29, 1.82) is 0 Å². The molecule has 3 aromatic carbocycles. The van der Waals surface area contributed by atoms with Gasteiger partial charge in [-0.05, 0) is 81.1 Å². The van der Waals surface area contributed by atoms with Crippen LogP contribution in [0.5, 0.6) is 0 Å². The SMILES string of the molecule is Cc1ccc(S(=O)(=O)N(CC(=O)N(Cc2ccc(Cl)c(Cl)c2)[C@H](C)C(=O)NC2CCCC2)c2cccc(Cl)c2C)cc1. The van der Waals surface area contributed by atoms with E-state index >= 15 is 0 Å². The number of carbonyl (C=O) groups excluding carboxylic acids is 2. The van der Waals surface area contributed by atoms with Crippen molar-refractivity contribution in [2.24, 2.45) is 0 Å². The Morgan fingerprint density at radius 1 is 0.929 bits per heavy atom. The van der Waals surface area contributed by atoms with E-state index < -0.39 is 28.5 Å². The van der Waals surface area contributed by atoms with Crippen LogP contribution in [0.1, 0.15) is 49.3 Å². The average molecular weight is 651 g/mol. The average Bonchev–Trinajstić information content (AvgIpc) is 3.46. The standard InChI is InChI=1S/C31H34Cl3N3O4S/c1-20-11-14-25(15-12-20)42(40,41)37(29-10-6-9-26(32)21(29)2)19-30(38)36(18-23-13-16-27(33)28(34)17-23)22(3)31(39)35-24-7-4-5-8-24/h6,9-17,22,24H,4-5,7-8,18-19H2,1-3H3,(H,35,39)/t22-/m1/s1. The quantitative estimate of drug-likeness (QED) is 0.258. The van der Waals surface area contributed by atoms with Crippen molar-refractivity contribution in [1.82, 2.24) is 10.2 Å². The predicted molar refractivity (Wildman–Crippen MR) is 169 cm³/mol. The van der Waals surface area contributed by atoms with E-state index in [-0.39, 0.29) is 29.1 Å². The number of amides is 2. The zero-order chi connectivity index (χ0) is 30.6. The molecule has 0 aliphatic heterocycles. The molecule has 1 aliphatic rings. The zero-order valence-electron chi connectivity index (χ0n) is 23.7. The minimum Gasteiger partial charge on any atom is -0.352 e. The summed E-state index contributed by atoms with van der Waals surface area (Å²) in [7, 11) is -4.20. The van der Waals surface area contributed by atoms with E-state index in [1.807, 2.05) is 6.92 Å². The van der Waals surface area contributed by atoms with Gasteiger partial charge < -0.3 is 10.2 Å². The van der Waals surface area contributed by atoms with Gasteiger partial charge in [0.2, 0.25) is 11.8 Å². The maximum Gasteiger partial charge on any atom is 0.264 e. The summed E-state index contributed by atoms with van der Waals surface area (Å²) in [4.78, 5) is 28.9. The number of anilines is 1. The van der Waals surface area contributed by atoms with Gasteiger partial charge >= 0.3 is 0 Å². The molecule has 0 saturated heterocycles. The second kappa shape index (κ2) is 13.7. The summed E-state index contributed by atoms with van der Waals surface area (Å²) in [6.45, 7) is 4.66. The fourth-order valence-corrected chi connectivity index (χ4v) is 6.99. The number of aryl methyl sites for hydroxylation is 1. The molecule has 0 aromatic heterocycles. The van der Waals surface area contributed by atoms with E-state index in [0.29, 0.717) is 26.2 Å². The monoisotopic (exact) mass is 649 g/mol. The van der Waals surface area contributed by atoms with E-state index in [4.69, 9.17) is 34.8 Å². The molecule has 7 nitrogen and oxygen atoms in total. The molecular weight excluding hydrogens is 617 g/mol. The topological polar surface area (TPSA) is 86.8 Å². The number of halogens is 3. The first kappa shape index (κ1) is 32.1. The zero-order valence-corrected chi connectivity index (χ0v) is 26.8. The molecule has 0 radical (unpaired) electrons. The molecule has 1 N–H and O–H groups in total. The number of nitrogens with one attached hydrogen (secondary N) is 1. The molecule has 42 heavy (non-hydrogen) atoms. The molecular formula is C31H34Cl3N3O4S. The van der Waals surface area contributed by atoms with Gasteiger partial charge in [0.05, 0.1) is 20.6 Å². The lowest BCUT2D eigenvalue weighted by atomic mass is 10.1. The molecule has 0 spiro atoms. The minimum atomic E-state index is -4.20. The van der Waals surface area contributed by atoms with Crippen LogP contribution >= 0.6 is 34.8 Å². The van der Waals surface area contributed by atoms with Gasteiger partial charge in [-0.3, -0.25) is 13.9 Å². The fraction of sp³-hybridized carbons (Fsp3) is 0.355. The number of hydrogen-bond acceptors (Lipinski definition) is 4. The van der Waals surface area contributed by atoms with Crippen molar-refractivity contribution in [2.45, 2.75) is 70.0 Å². The normalized spacial score (nSPS) is 14.4. The second-order valence-corrected chi connectivity index (χ2v) is 13.7.